The molecule has 1 aromatic carbocycles. The van der Waals surface area contributed by atoms with E-state index in [2.05, 4.69) is 18.3 Å². The summed E-state index contributed by atoms with van der Waals surface area (Å²) in [6.07, 6.45) is 8.79. The van der Waals surface area contributed by atoms with Gasteiger partial charge < -0.3 is 5.32 Å². The number of benzene rings is 1. The summed E-state index contributed by atoms with van der Waals surface area (Å²) in [5.74, 6) is 0.387. The molecule has 98 valence electrons. The second kappa shape index (κ2) is 4.56. The van der Waals surface area contributed by atoms with Gasteiger partial charge in [-0.2, -0.15) is 0 Å². The van der Waals surface area contributed by atoms with Gasteiger partial charge >= 0.3 is 0 Å². The van der Waals surface area contributed by atoms with E-state index < -0.39 is 0 Å². The predicted octanol–water partition coefficient (Wildman–Crippen LogP) is 4.84. The van der Waals surface area contributed by atoms with Crippen LogP contribution in [0.2, 0.25) is 0 Å². The van der Waals surface area contributed by atoms with Gasteiger partial charge in [-0.25, -0.2) is 4.39 Å². The standard InChI is InChI=1S/C16H22FN/c1-12-11-16(9-4-2-3-5-10-16)18-15-13(12)7-6-8-14(15)17/h6-8,12,18H,2-5,9-11H2,1H3. The number of rotatable bonds is 0. The molecule has 2 heteroatoms. The van der Waals surface area contributed by atoms with E-state index in [1.165, 1.54) is 38.5 Å². The van der Waals surface area contributed by atoms with Crippen molar-refractivity contribution in [1.29, 1.82) is 0 Å². The maximum Gasteiger partial charge on any atom is 0.146 e. The van der Waals surface area contributed by atoms with Crippen LogP contribution in [-0.2, 0) is 0 Å². The fourth-order valence-corrected chi connectivity index (χ4v) is 3.83. The van der Waals surface area contributed by atoms with Crippen molar-refractivity contribution in [3.63, 3.8) is 0 Å². The molecule has 1 unspecified atom stereocenters. The van der Waals surface area contributed by atoms with Gasteiger partial charge in [0, 0.05) is 5.54 Å². The smallest absolute Gasteiger partial charge is 0.146 e. The number of hydrogen-bond acceptors (Lipinski definition) is 1. The molecule has 1 saturated carbocycles. The van der Waals surface area contributed by atoms with Crippen LogP contribution < -0.4 is 5.32 Å². The zero-order valence-corrected chi connectivity index (χ0v) is 11.1. The quantitative estimate of drug-likeness (QED) is 0.692. The van der Waals surface area contributed by atoms with Crippen molar-refractivity contribution >= 4 is 5.69 Å². The Bertz CT molecular complexity index is 433. The first-order chi connectivity index (χ1) is 8.70. The third-order valence-corrected chi connectivity index (χ3v) is 4.72. The Morgan fingerprint density at radius 2 is 1.89 bits per heavy atom. The van der Waals surface area contributed by atoms with Crippen molar-refractivity contribution < 1.29 is 4.39 Å². The van der Waals surface area contributed by atoms with Gasteiger partial charge in [0.05, 0.1) is 5.69 Å². The Kier molecular flexibility index (Phi) is 3.04. The van der Waals surface area contributed by atoms with Gasteiger partial charge in [0.2, 0.25) is 0 Å². The molecule has 1 aromatic rings. The van der Waals surface area contributed by atoms with Crippen LogP contribution in [0.25, 0.3) is 0 Å². The first-order valence-corrected chi connectivity index (χ1v) is 7.27. The van der Waals surface area contributed by atoms with E-state index in [1.807, 2.05) is 6.07 Å². The number of fused-ring (bicyclic) bond motifs is 1. The van der Waals surface area contributed by atoms with Gasteiger partial charge in [0.15, 0.2) is 0 Å². The van der Waals surface area contributed by atoms with Crippen LogP contribution >= 0.6 is 0 Å². The molecule has 1 N–H and O–H groups in total. The summed E-state index contributed by atoms with van der Waals surface area (Å²) >= 11 is 0. The number of anilines is 1. The normalized spacial score (nSPS) is 26.2. The molecule has 18 heavy (non-hydrogen) atoms. The molecule has 0 bridgehead atoms. The van der Waals surface area contributed by atoms with Gasteiger partial charge in [-0.15, -0.1) is 0 Å². The number of nitrogens with one attached hydrogen (secondary N) is 1. The molecule has 1 nitrogen and oxygen atoms in total. The molecule has 2 aliphatic rings. The van der Waals surface area contributed by atoms with Gasteiger partial charge in [0.1, 0.15) is 5.82 Å². The summed E-state index contributed by atoms with van der Waals surface area (Å²) in [5, 5.41) is 3.58. The van der Waals surface area contributed by atoms with Crippen molar-refractivity contribution in [2.45, 2.75) is 63.3 Å². The van der Waals surface area contributed by atoms with E-state index in [1.54, 1.807) is 6.07 Å². The highest BCUT2D eigenvalue weighted by atomic mass is 19.1. The topological polar surface area (TPSA) is 12.0 Å². The molecule has 1 aliphatic heterocycles. The Morgan fingerprint density at radius 1 is 1.17 bits per heavy atom. The van der Waals surface area contributed by atoms with Crippen molar-refractivity contribution in [2.75, 3.05) is 5.32 Å². The molecule has 0 saturated heterocycles. The first kappa shape index (κ1) is 12.0. The summed E-state index contributed by atoms with van der Waals surface area (Å²) in [5.41, 5.74) is 2.09. The number of para-hydroxylation sites is 1. The van der Waals surface area contributed by atoms with Gasteiger partial charge in [0.25, 0.3) is 0 Å². The summed E-state index contributed by atoms with van der Waals surface area (Å²) < 4.78 is 14.0. The number of hydrogen-bond donors (Lipinski definition) is 1. The minimum absolute atomic E-state index is 0.0809. The molecule has 1 spiro atoms. The molecule has 1 fully saturated rings. The van der Waals surface area contributed by atoms with Crippen molar-refractivity contribution in [3.05, 3.63) is 29.6 Å². The molecule has 1 aliphatic carbocycles. The monoisotopic (exact) mass is 247 g/mol. The van der Waals surface area contributed by atoms with E-state index in [0.29, 0.717) is 5.92 Å². The van der Waals surface area contributed by atoms with Crippen molar-refractivity contribution in [3.8, 4) is 0 Å². The average Bonchev–Trinajstić information content (AvgIpc) is 2.57. The van der Waals surface area contributed by atoms with Crippen molar-refractivity contribution in [2.24, 2.45) is 0 Å². The Labute approximate surface area is 109 Å². The maximum atomic E-state index is 14.0. The van der Waals surface area contributed by atoms with Gasteiger partial charge in [-0.05, 0) is 36.8 Å². The lowest BCUT2D eigenvalue weighted by Gasteiger charge is -2.42. The maximum absolute atomic E-state index is 14.0. The minimum atomic E-state index is -0.0809. The first-order valence-electron chi connectivity index (χ1n) is 7.27. The summed E-state index contributed by atoms with van der Waals surface area (Å²) in [6, 6.07) is 5.48. The molecule has 0 radical (unpaired) electrons. The Hall–Kier alpha value is -1.05. The summed E-state index contributed by atoms with van der Waals surface area (Å²) in [7, 11) is 0. The second-order valence-electron chi connectivity index (χ2n) is 6.13. The fourth-order valence-electron chi connectivity index (χ4n) is 3.83. The van der Waals surface area contributed by atoms with Crippen LogP contribution in [-0.4, -0.2) is 5.54 Å². The third-order valence-electron chi connectivity index (χ3n) is 4.72. The highest BCUT2D eigenvalue weighted by Gasteiger charge is 2.38. The SMILES string of the molecule is CC1CC2(CCCCCC2)Nc2c(F)cccc21. The van der Waals surface area contributed by atoms with Crippen LogP contribution in [0.15, 0.2) is 18.2 Å². The summed E-state index contributed by atoms with van der Waals surface area (Å²) in [4.78, 5) is 0. The summed E-state index contributed by atoms with van der Waals surface area (Å²) in [6.45, 7) is 2.24. The molecular formula is C16H22FN. The third kappa shape index (κ3) is 2.02. The molecular weight excluding hydrogens is 225 g/mol. The fraction of sp³-hybridized carbons (Fsp3) is 0.625. The minimum Gasteiger partial charge on any atom is -0.377 e. The molecule has 3 rings (SSSR count). The Morgan fingerprint density at radius 3 is 2.61 bits per heavy atom. The van der Waals surface area contributed by atoms with Gasteiger partial charge in [-0.3, -0.25) is 0 Å². The highest BCUT2D eigenvalue weighted by Crippen LogP contribution is 2.45. The zero-order chi connectivity index (χ0) is 12.6. The van der Waals surface area contributed by atoms with Gasteiger partial charge in [-0.1, -0.05) is 44.7 Å². The van der Waals surface area contributed by atoms with Crippen LogP contribution in [0, 0.1) is 5.82 Å². The lowest BCUT2D eigenvalue weighted by Crippen LogP contribution is -2.42. The molecule has 1 heterocycles. The van der Waals surface area contributed by atoms with Crippen molar-refractivity contribution in [1.82, 2.24) is 0 Å². The van der Waals surface area contributed by atoms with Crippen LogP contribution in [0.4, 0.5) is 10.1 Å². The van der Waals surface area contributed by atoms with E-state index in [0.717, 1.165) is 17.7 Å². The highest BCUT2D eigenvalue weighted by molar-refractivity contribution is 5.58. The van der Waals surface area contributed by atoms with E-state index >= 15 is 0 Å². The molecule has 0 amide bonds. The molecule has 1 atom stereocenters. The zero-order valence-electron chi connectivity index (χ0n) is 11.1. The lowest BCUT2D eigenvalue weighted by molar-refractivity contribution is 0.341. The largest absolute Gasteiger partial charge is 0.377 e. The predicted molar refractivity (Wildman–Crippen MR) is 73.5 cm³/mol. The Balaban J connectivity index is 1.96. The lowest BCUT2D eigenvalue weighted by atomic mass is 9.75. The molecule has 0 aromatic heterocycles. The van der Waals surface area contributed by atoms with Crippen LogP contribution in [0.3, 0.4) is 0 Å². The van der Waals surface area contributed by atoms with Crippen LogP contribution in [0.1, 0.15) is 63.4 Å². The van der Waals surface area contributed by atoms with E-state index in [-0.39, 0.29) is 11.4 Å². The van der Waals surface area contributed by atoms with E-state index in [4.69, 9.17) is 0 Å². The van der Waals surface area contributed by atoms with Crippen LogP contribution in [0.5, 0.6) is 0 Å². The second-order valence-corrected chi connectivity index (χ2v) is 6.13. The number of halogens is 1. The van der Waals surface area contributed by atoms with E-state index in [9.17, 15) is 4.39 Å². The average molecular weight is 247 g/mol.